The molecule has 2 N–H and O–H groups in total. The molecule has 7 heteroatoms. The third kappa shape index (κ3) is 5.61. The first kappa shape index (κ1) is 22.5. The molecular formula is C27H32N6O. The van der Waals surface area contributed by atoms with Crippen molar-refractivity contribution in [2.45, 2.75) is 25.9 Å². The maximum Gasteiger partial charge on any atom is 0.227 e. The molecule has 7 nitrogen and oxygen atoms in total. The summed E-state index contributed by atoms with van der Waals surface area (Å²) >= 11 is 0. The molecule has 34 heavy (non-hydrogen) atoms. The minimum Gasteiger partial charge on any atom is -0.355 e. The van der Waals surface area contributed by atoms with Gasteiger partial charge in [0.05, 0.1) is 5.69 Å². The lowest BCUT2D eigenvalue weighted by atomic mass is 9.95. The van der Waals surface area contributed by atoms with Gasteiger partial charge in [-0.25, -0.2) is 9.97 Å². The maximum atomic E-state index is 12.7. The Morgan fingerprint density at radius 3 is 2.59 bits per heavy atom. The first-order valence-electron chi connectivity index (χ1n) is 12.1. The van der Waals surface area contributed by atoms with Crippen LogP contribution in [0.3, 0.4) is 0 Å². The zero-order valence-corrected chi connectivity index (χ0v) is 19.7. The molecular weight excluding hydrogens is 424 g/mol. The van der Waals surface area contributed by atoms with E-state index in [4.69, 9.17) is 4.98 Å². The van der Waals surface area contributed by atoms with Gasteiger partial charge in [0.25, 0.3) is 0 Å². The summed E-state index contributed by atoms with van der Waals surface area (Å²) in [5.41, 5.74) is 5.40. The molecule has 176 valence electrons. The second-order valence-electron chi connectivity index (χ2n) is 9.37. The van der Waals surface area contributed by atoms with E-state index < -0.39 is 0 Å². The van der Waals surface area contributed by atoms with Crippen LogP contribution in [0.2, 0.25) is 0 Å². The summed E-state index contributed by atoms with van der Waals surface area (Å²) in [7, 11) is 2.09. The van der Waals surface area contributed by atoms with E-state index in [2.05, 4.69) is 74.9 Å². The molecule has 1 fully saturated rings. The van der Waals surface area contributed by atoms with Gasteiger partial charge in [0, 0.05) is 49.5 Å². The van der Waals surface area contributed by atoms with Crippen LogP contribution in [0.15, 0.2) is 60.8 Å². The van der Waals surface area contributed by atoms with Gasteiger partial charge in [0.1, 0.15) is 0 Å². The third-order valence-corrected chi connectivity index (χ3v) is 6.70. The van der Waals surface area contributed by atoms with Gasteiger partial charge in [-0.2, -0.15) is 0 Å². The molecule has 0 atom stereocenters. The van der Waals surface area contributed by atoms with Crippen LogP contribution in [0.5, 0.6) is 0 Å². The normalized spacial score (nSPS) is 21.7. The van der Waals surface area contributed by atoms with Gasteiger partial charge in [-0.3, -0.25) is 9.69 Å². The highest BCUT2D eigenvalue weighted by Crippen LogP contribution is 2.23. The van der Waals surface area contributed by atoms with Crippen LogP contribution in [0.4, 0.5) is 11.6 Å². The van der Waals surface area contributed by atoms with Gasteiger partial charge in [-0.1, -0.05) is 36.4 Å². The largest absolute Gasteiger partial charge is 0.355 e. The van der Waals surface area contributed by atoms with E-state index in [-0.39, 0.29) is 11.8 Å². The molecule has 8 rings (SSSR count). The predicted molar refractivity (Wildman–Crippen MR) is 135 cm³/mol. The Hall–Kier alpha value is -3.29. The summed E-state index contributed by atoms with van der Waals surface area (Å²) in [5.74, 6) is 0.906. The Bertz CT molecular complexity index is 1120. The Morgan fingerprint density at radius 1 is 0.941 bits per heavy atom. The van der Waals surface area contributed by atoms with Crippen molar-refractivity contribution in [2.75, 3.05) is 38.5 Å². The van der Waals surface area contributed by atoms with Crippen molar-refractivity contribution in [3.05, 3.63) is 71.9 Å². The highest BCUT2D eigenvalue weighted by atomic mass is 16.1. The number of likely N-dealkylation sites (N-methyl/N-ethyl adjacent to an activating group) is 1. The number of anilines is 2. The molecule has 3 aromatic rings. The van der Waals surface area contributed by atoms with Crippen molar-refractivity contribution in [3.63, 3.8) is 0 Å². The summed E-state index contributed by atoms with van der Waals surface area (Å²) in [5, 5.41) is 6.52. The van der Waals surface area contributed by atoms with E-state index in [0.717, 1.165) is 62.5 Å². The van der Waals surface area contributed by atoms with Crippen molar-refractivity contribution in [2.24, 2.45) is 5.92 Å². The fourth-order valence-corrected chi connectivity index (χ4v) is 4.75. The molecule has 0 unspecified atom stereocenters. The molecule has 0 radical (unpaired) electrons. The lowest BCUT2D eigenvalue weighted by molar-refractivity contribution is -0.126. The Balaban J connectivity index is 1.40. The number of piperidine rings is 1. The standard InChI is InChI=1S/C27H32N6O/c1-32-16-13-28-26(34)23-10-14-33(15-11-23)19-21-3-2-4-24(17-21)30-27-29-12-9-25(31-27)22-7-5-20(18-32)6-8-22/h2-9,12,17,23H,10-11,13-16,18-19H2,1H3,(H,28,34)(H,29,30,31). The number of carbonyl (C=O) groups excluding carboxylic acids is 1. The van der Waals surface area contributed by atoms with Crippen LogP contribution in [-0.2, 0) is 17.9 Å². The first-order valence-corrected chi connectivity index (χ1v) is 12.1. The lowest BCUT2D eigenvalue weighted by Gasteiger charge is -2.31. The van der Waals surface area contributed by atoms with E-state index in [9.17, 15) is 4.79 Å². The van der Waals surface area contributed by atoms with E-state index >= 15 is 0 Å². The van der Waals surface area contributed by atoms with Crippen LogP contribution < -0.4 is 10.6 Å². The quantitative estimate of drug-likeness (QED) is 0.538. The molecule has 1 amide bonds. The topological polar surface area (TPSA) is 73.4 Å². The highest BCUT2D eigenvalue weighted by Gasteiger charge is 2.24. The van der Waals surface area contributed by atoms with Crippen LogP contribution in [0, 0.1) is 5.92 Å². The number of amides is 1. The summed E-state index contributed by atoms with van der Waals surface area (Å²) < 4.78 is 0. The van der Waals surface area contributed by atoms with Gasteiger partial charge < -0.3 is 15.5 Å². The molecule has 6 heterocycles. The number of nitrogens with zero attached hydrogens (tertiary/aromatic N) is 4. The molecule has 0 aliphatic carbocycles. The van der Waals surface area contributed by atoms with Gasteiger partial charge in [0.2, 0.25) is 11.9 Å². The second kappa shape index (κ2) is 10.3. The smallest absolute Gasteiger partial charge is 0.227 e. The highest BCUT2D eigenvalue weighted by molar-refractivity contribution is 5.78. The zero-order valence-electron chi connectivity index (χ0n) is 19.7. The average molecular weight is 457 g/mol. The van der Waals surface area contributed by atoms with Crippen molar-refractivity contribution in [1.82, 2.24) is 25.1 Å². The third-order valence-electron chi connectivity index (χ3n) is 6.70. The molecule has 1 aromatic heterocycles. The summed E-state index contributed by atoms with van der Waals surface area (Å²) in [4.78, 5) is 26.5. The van der Waals surface area contributed by atoms with Gasteiger partial charge in [-0.15, -0.1) is 0 Å². The number of hydrogen-bond donors (Lipinski definition) is 2. The monoisotopic (exact) mass is 456 g/mol. The molecule has 0 spiro atoms. The van der Waals surface area contributed by atoms with Crippen LogP contribution in [-0.4, -0.2) is 58.9 Å². The van der Waals surface area contributed by atoms with Gasteiger partial charge in [0.15, 0.2) is 0 Å². The Kier molecular flexibility index (Phi) is 6.83. The first-order chi connectivity index (χ1) is 16.6. The minimum atomic E-state index is 0.115. The van der Waals surface area contributed by atoms with Gasteiger partial charge >= 0.3 is 0 Å². The molecule has 5 aliphatic heterocycles. The second-order valence-corrected chi connectivity index (χ2v) is 9.37. The van der Waals surface area contributed by atoms with E-state index in [1.165, 1.54) is 11.1 Å². The summed E-state index contributed by atoms with van der Waals surface area (Å²) in [6.07, 6.45) is 3.62. The molecule has 8 bridgehead atoms. The average Bonchev–Trinajstić information content (AvgIpc) is 2.85. The lowest BCUT2D eigenvalue weighted by Crippen LogP contribution is -2.42. The minimum absolute atomic E-state index is 0.115. The number of aromatic nitrogens is 2. The van der Waals surface area contributed by atoms with Crippen LogP contribution in [0.1, 0.15) is 24.0 Å². The van der Waals surface area contributed by atoms with Crippen molar-refractivity contribution >= 4 is 17.5 Å². The van der Waals surface area contributed by atoms with Crippen molar-refractivity contribution in [3.8, 4) is 11.3 Å². The van der Waals surface area contributed by atoms with Crippen molar-refractivity contribution in [1.29, 1.82) is 0 Å². The van der Waals surface area contributed by atoms with Crippen LogP contribution in [0.25, 0.3) is 11.3 Å². The number of nitrogens with one attached hydrogen (secondary N) is 2. The van der Waals surface area contributed by atoms with Crippen molar-refractivity contribution < 1.29 is 4.79 Å². The number of benzene rings is 2. The fourth-order valence-electron chi connectivity index (χ4n) is 4.75. The SMILES string of the molecule is CN1CCNC(=O)C2CCN(CC2)Cc2cccc(c2)Nc2nccc(n2)-c2ccc(cc2)C1. The summed E-state index contributed by atoms with van der Waals surface area (Å²) in [6, 6.07) is 18.8. The van der Waals surface area contributed by atoms with E-state index in [0.29, 0.717) is 12.5 Å². The molecule has 1 saturated heterocycles. The zero-order chi connectivity index (χ0) is 23.3. The van der Waals surface area contributed by atoms with E-state index in [1.807, 2.05) is 12.1 Å². The fraction of sp³-hybridized carbons (Fsp3) is 0.370. The summed E-state index contributed by atoms with van der Waals surface area (Å²) in [6.45, 7) is 5.09. The van der Waals surface area contributed by atoms with E-state index in [1.54, 1.807) is 6.20 Å². The molecule has 2 aromatic carbocycles. The molecule has 0 saturated carbocycles. The Labute approximate surface area is 201 Å². The van der Waals surface area contributed by atoms with Gasteiger partial charge in [-0.05, 0) is 62.3 Å². The number of hydrogen-bond acceptors (Lipinski definition) is 6. The predicted octanol–water partition coefficient (Wildman–Crippen LogP) is 3.66. The molecule has 5 aliphatic rings. The maximum absolute atomic E-state index is 12.7. The van der Waals surface area contributed by atoms with Crippen LogP contribution >= 0.6 is 0 Å². The number of carbonyl (C=O) groups is 1. The number of rotatable bonds is 0. The Morgan fingerprint density at radius 2 is 1.76 bits per heavy atom.